The van der Waals surface area contributed by atoms with Crippen molar-refractivity contribution in [2.24, 2.45) is 7.05 Å². The molecule has 5 nitrogen and oxygen atoms in total. The average molecular weight is 245 g/mol. The number of rotatable bonds is 2. The molecular formula is C13H15N3O2. The number of benzene rings is 1. The van der Waals surface area contributed by atoms with Crippen LogP contribution in [0.15, 0.2) is 24.5 Å². The summed E-state index contributed by atoms with van der Waals surface area (Å²) in [5.41, 5.74) is 2.52. The van der Waals surface area contributed by atoms with Crippen molar-refractivity contribution in [2.75, 3.05) is 19.7 Å². The standard InChI is InChI=1S/C13H15N3O2/c1-16-8-15-10-6-9(2-3-11(10)16)13(17)12-7-14-4-5-18-12/h2-3,6,8,12,14H,4-5,7H2,1H3. The van der Waals surface area contributed by atoms with Gasteiger partial charge in [-0.2, -0.15) is 0 Å². The second-order valence-corrected chi connectivity index (χ2v) is 4.49. The summed E-state index contributed by atoms with van der Waals surface area (Å²) in [6.07, 6.45) is 1.37. The molecule has 1 atom stereocenters. The van der Waals surface area contributed by atoms with Crippen LogP contribution in [-0.4, -0.2) is 41.1 Å². The Bertz CT molecular complexity index is 585. The van der Waals surface area contributed by atoms with Gasteiger partial charge in [0.25, 0.3) is 0 Å². The lowest BCUT2D eigenvalue weighted by Crippen LogP contribution is -2.43. The van der Waals surface area contributed by atoms with Crippen molar-refractivity contribution in [1.29, 1.82) is 0 Å². The minimum absolute atomic E-state index is 0.0229. The molecule has 1 N–H and O–H groups in total. The Morgan fingerprint density at radius 2 is 2.44 bits per heavy atom. The van der Waals surface area contributed by atoms with Gasteiger partial charge < -0.3 is 14.6 Å². The SMILES string of the molecule is Cn1cnc2cc(C(=O)C3CNCCO3)ccc21. The van der Waals surface area contributed by atoms with E-state index in [2.05, 4.69) is 10.3 Å². The maximum atomic E-state index is 12.3. The molecule has 3 rings (SSSR count). The second kappa shape index (κ2) is 4.51. The van der Waals surface area contributed by atoms with Gasteiger partial charge in [0, 0.05) is 25.7 Å². The molecule has 94 valence electrons. The number of ether oxygens (including phenoxy) is 1. The summed E-state index contributed by atoms with van der Waals surface area (Å²) in [6.45, 7) is 1.98. The van der Waals surface area contributed by atoms with Gasteiger partial charge in [-0.1, -0.05) is 0 Å². The number of carbonyl (C=O) groups is 1. The highest BCUT2D eigenvalue weighted by Crippen LogP contribution is 2.16. The largest absolute Gasteiger partial charge is 0.367 e. The number of morpholine rings is 1. The zero-order valence-corrected chi connectivity index (χ0v) is 10.2. The molecule has 2 aromatic rings. The third-order valence-corrected chi connectivity index (χ3v) is 3.23. The molecule has 0 saturated carbocycles. The summed E-state index contributed by atoms with van der Waals surface area (Å²) in [6, 6.07) is 5.59. The van der Waals surface area contributed by atoms with Crippen LogP contribution in [0.25, 0.3) is 11.0 Å². The number of aryl methyl sites for hydroxylation is 1. The molecule has 1 fully saturated rings. The smallest absolute Gasteiger partial charge is 0.192 e. The minimum atomic E-state index is -0.375. The van der Waals surface area contributed by atoms with E-state index in [0.717, 1.165) is 17.6 Å². The van der Waals surface area contributed by atoms with Gasteiger partial charge in [-0.25, -0.2) is 4.98 Å². The zero-order valence-electron chi connectivity index (χ0n) is 10.2. The van der Waals surface area contributed by atoms with Crippen molar-refractivity contribution in [3.8, 4) is 0 Å². The maximum absolute atomic E-state index is 12.3. The van der Waals surface area contributed by atoms with Gasteiger partial charge >= 0.3 is 0 Å². The monoisotopic (exact) mass is 245 g/mol. The van der Waals surface area contributed by atoms with Crippen molar-refractivity contribution in [3.63, 3.8) is 0 Å². The fourth-order valence-electron chi connectivity index (χ4n) is 2.21. The van der Waals surface area contributed by atoms with Crippen LogP contribution >= 0.6 is 0 Å². The molecule has 2 heterocycles. The molecule has 18 heavy (non-hydrogen) atoms. The predicted octanol–water partition coefficient (Wildman–Crippen LogP) is 0.744. The van der Waals surface area contributed by atoms with Crippen LogP contribution in [0.4, 0.5) is 0 Å². The molecule has 0 bridgehead atoms. The van der Waals surface area contributed by atoms with Gasteiger partial charge in [0.1, 0.15) is 6.10 Å². The number of ketones is 1. The Labute approximate surface area is 105 Å². The lowest BCUT2D eigenvalue weighted by molar-refractivity contribution is 0.0269. The van der Waals surface area contributed by atoms with E-state index in [9.17, 15) is 4.79 Å². The number of fused-ring (bicyclic) bond motifs is 1. The molecule has 1 aromatic carbocycles. The molecule has 1 unspecified atom stereocenters. The quantitative estimate of drug-likeness (QED) is 0.793. The predicted molar refractivity (Wildman–Crippen MR) is 67.7 cm³/mol. The Morgan fingerprint density at radius 1 is 1.56 bits per heavy atom. The van der Waals surface area contributed by atoms with Crippen LogP contribution in [0.2, 0.25) is 0 Å². The van der Waals surface area contributed by atoms with E-state index in [1.165, 1.54) is 0 Å². The Kier molecular flexibility index (Phi) is 2.85. The third-order valence-electron chi connectivity index (χ3n) is 3.23. The second-order valence-electron chi connectivity index (χ2n) is 4.49. The van der Waals surface area contributed by atoms with Crippen molar-refractivity contribution in [3.05, 3.63) is 30.1 Å². The number of hydrogen-bond acceptors (Lipinski definition) is 4. The first kappa shape index (κ1) is 11.4. The van der Waals surface area contributed by atoms with Gasteiger partial charge in [-0.15, -0.1) is 0 Å². The van der Waals surface area contributed by atoms with Crippen molar-refractivity contribution in [1.82, 2.24) is 14.9 Å². The van der Waals surface area contributed by atoms with Crippen LogP contribution in [0.5, 0.6) is 0 Å². The van der Waals surface area contributed by atoms with E-state index in [4.69, 9.17) is 4.74 Å². The zero-order chi connectivity index (χ0) is 12.5. The molecule has 1 aromatic heterocycles. The highest BCUT2D eigenvalue weighted by atomic mass is 16.5. The summed E-state index contributed by atoms with van der Waals surface area (Å²) < 4.78 is 7.41. The van der Waals surface area contributed by atoms with Crippen molar-refractivity contribution >= 4 is 16.8 Å². The summed E-state index contributed by atoms with van der Waals surface area (Å²) >= 11 is 0. The fourth-order valence-corrected chi connectivity index (χ4v) is 2.21. The lowest BCUT2D eigenvalue weighted by Gasteiger charge is -2.22. The van der Waals surface area contributed by atoms with Gasteiger partial charge in [-0.3, -0.25) is 4.79 Å². The molecule has 1 aliphatic heterocycles. The Balaban J connectivity index is 1.91. The van der Waals surface area contributed by atoms with E-state index in [-0.39, 0.29) is 11.9 Å². The molecule has 0 amide bonds. The topological polar surface area (TPSA) is 56.2 Å². The number of aromatic nitrogens is 2. The third kappa shape index (κ3) is 1.91. The number of carbonyl (C=O) groups excluding carboxylic acids is 1. The number of nitrogens with zero attached hydrogens (tertiary/aromatic N) is 2. The average Bonchev–Trinajstić information content (AvgIpc) is 2.80. The number of hydrogen-bond donors (Lipinski definition) is 1. The van der Waals surface area contributed by atoms with Crippen LogP contribution in [0.1, 0.15) is 10.4 Å². The Morgan fingerprint density at radius 3 is 3.22 bits per heavy atom. The molecule has 1 aliphatic rings. The first-order valence-electron chi connectivity index (χ1n) is 6.03. The number of imidazole rings is 1. The minimum Gasteiger partial charge on any atom is -0.367 e. The van der Waals surface area contributed by atoms with E-state index in [1.807, 2.05) is 29.8 Å². The molecule has 0 aliphatic carbocycles. The maximum Gasteiger partial charge on any atom is 0.192 e. The van der Waals surface area contributed by atoms with Gasteiger partial charge in [0.2, 0.25) is 0 Å². The van der Waals surface area contributed by atoms with Crippen LogP contribution in [0, 0.1) is 0 Å². The van der Waals surface area contributed by atoms with Crippen LogP contribution in [-0.2, 0) is 11.8 Å². The summed E-state index contributed by atoms with van der Waals surface area (Å²) in [5, 5.41) is 3.16. The molecule has 1 saturated heterocycles. The van der Waals surface area contributed by atoms with Crippen molar-refractivity contribution < 1.29 is 9.53 Å². The number of nitrogens with one attached hydrogen (secondary N) is 1. The van der Waals surface area contributed by atoms with E-state index in [1.54, 1.807) is 6.33 Å². The molecule has 5 heteroatoms. The molecule has 0 spiro atoms. The van der Waals surface area contributed by atoms with E-state index in [0.29, 0.717) is 18.7 Å². The van der Waals surface area contributed by atoms with Gasteiger partial charge in [-0.05, 0) is 18.2 Å². The number of Topliss-reactive ketones (excluding diaryl/α,β-unsaturated/α-hetero) is 1. The molecule has 0 radical (unpaired) electrons. The first-order valence-corrected chi connectivity index (χ1v) is 6.03. The summed E-state index contributed by atoms with van der Waals surface area (Å²) in [5.74, 6) is 0.0229. The highest BCUT2D eigenvalue weighted by molar-refractivity contribution is 6.02. The lowest BCUT2D eigenvalue weighted by atomic mass is 10.0. The first-order chi connectivity index (χ1) is 8.75. The van der Waals surface area contributed by atoms with E-state index >= 15 is 0 Å². The summed E-state index contributed by atoms with van der Waals surface area (Å²) in [7, 11) is 1.94. The normalized spacial score (nSPS) is 20.2. The van der Waals surface area contributed by atoms with Crippen molar-refractivity contribution in [2.45, 2.75) is 6.10 Å². The fraction of sp³-hybridized carbons (Fsp3) is 0.385. The van der Waals surface area contributed by atoms with Gasteiger partial charge in [0.15, 0.2) is 5.78 Å². The van der Waals surface area contributed by atoms with E-state index < -0.39 is 0 Å². The Hall–Kier alpha value is -1.72. The molecular weight excluding hydrogens is 230 g/mol. The van der Waals surface area contributed by atoms with Crippen LogP contribution < -0.4 is 5.32 Å². The summed E-state index contributed by atoms with van der Waals surface area (Å²) in [4.78, 5) is 16.5. The highest BCUT2D eigenvalue weighted by Gasteiger charge is 2.23. The van der Waals surface area contributed by atoms with Crippen LogP contribution in [0.3, 0.4) is 0 Å². The van der Waals surface area contributed by atoms with Gasteiger partial charge in [0.05, 0.1) is 24.0 Å².